The van der Waals surface area contributed by atoms with E-state index in [2.05, 4.69) is 15.6 Å². The molecule has 0 spiro atoms. The zero-order chi connectivity index (χ0) is 13.4. The zero-order valence-corrected chi connectivity index (χ0v) is 10.8. The Kier molecular flexibility index (Phi) is 8.37. The van der Waals surface area contributed by atoms with Crippen molar-refractivity contribution < 1.29 is 9.59 Å². The highest BCUT2D eigenvalue weighted by Gasteiger charge is 2.16. The Morgan fingerprint density at radius 2 is 2.11 bits per heavy atom. The molecule has 1 amide bonds. The van der Waals surface area contributed by atoms with Crippen molar-refractivity contribution in [2.24, 2.45) is 0 Å². The van der Waals surface area contributed by atoms with Gasteiger partial charge in [-0.05, 0) is 18.7 Å². The Bertz CT molecular complexity index is 393. The van der Waals surface area contributed by atoms with Gasteiger partial charge in [-0.15, -0.1) is 0 Å². The standard InChI is InChI=1S/C13H19N3O2.CH4/c1-3-12(17)11(15-4-2)9-16-13(18)10-6-5-7-14-8-10;/h5-8,11,15H,3-4,9H2,1-2H3,(H,16,18);1H4/t11-;/m0./s1. The molecule has 5 heteroatoms. The molecule has 0 saturated carbocycles. The second kappa shape index (κ2) is 9.22. The minimum Gasteiger partial charge on any atom is -0.350 e. The molecule has 1 aromatic rings. The predicted octanol–water partition coefficient (Wildman–Crippen LogP) is 1.40. The summed E-state index contributed by atoms with van der Waals surface area (Å²) < 4.78 is 0. The number of aromatic nitrogens is 1. The number of amides is 1. The van der Waals surface area contributed by atoms with Crippen LogP contribution in [0.5, 0.6) is 0 Å². The summed E-state index contributed by atoms with van der Waals surface area (Å²) in [6, 6.07) is 3.07. The molecular formula is C14H23N3O2. The molecule has 0 aliphatic carbocycles. The summed E-state index contributed by atoms with van der Waals surface area (Å²) in [6.07, 6.45) is 3.57. The van der Waals surface area contributed by atoms with Crippen molar-refractivity contribution in [3.63, 3.8) is 0 Å². The third kappa shape index (κ3) is 5.61. The van der Waals surface area contributed by atoms with Gasteiger partial charge in [0.05, 0.1) is 11.6 Å². The number of likely N-dealkylation sites (N-methyl/N-ethyl adjacent to an activating group) is 1. The van der Waals surface area contributed by atoms with E-state index >= 15 is 0 Å². The number of hydrogen-bond acceptors (Lipinski definition) is 4. The summed E-state index contributed by atoms with van der Waals surface area (Å²) in [4.78, 5) is 27.3. The van der Waals surface area contributed by atoms with Gasteiger partial charge in [-0.1, -0.05) is 21.3 Å². The smallest absolute Gasteiger partial charge is 0.252 e. The van der Waals surface area contributed by atoms with E-state index in [0.29, 0.717) is 25.1 Å². The normalized spacial score (nSPS) is 11.3. The number of pyridine rings is 1. The van der Waals surface area contributed by atoms with E-state index in [4.69, 9.17) is 0 Å². The van der Waals surface area contributed by atoms with E-state index < -0.39 is 0 Å². The highest BCUT2D eigenvalue weighted by Crippen LogP contribution is 1.96. The number of hydrogen-bond donors (Lipinski definition) is 2. The summed E-state index contributed by atoms with van der Waals surface area (Å²) in [7, 11) is 0. The summed E-state index contributed by atoms with van der Waals surface area (Å²) in [5, 5.41) is 5.80. The summed E-state index contributed by atoms with van der Waals surface area (Å²) in [5.74, 6) is -0.113. The Morgan fingerprint density at radius 3 is 2.63 bits per heavy atom. The van der Waals surface area contributed by atoms with Crippen LogP contribution in [0.1, 0.15) is 38.1 Å². The van der Waals surface area contributed by atoms with E-state index in [-0.39, 0.29) is 25.2 Å². The van der Waals surface area contributed by atoms with Crippen LogP contribution in [-0.2, 0) is 4.79 Å². The first-order valence-electron chi connectivity index (χ1n) is 6.13. The van der Waals surface area contributed by atoms with E-state index in [1.165, 1.54) is 6.20 Å². The second-order valence-corrected chi connectivity index (χ2v) is 3.88. The monoisotopic (exact) mass is 265 g/mol. The lowest BCUT2D eigenvalue weighted by atomic mass is 10.1. The summed E-state index contributed by atoms with van der Waals surface area (Å²) >= 11 is 0. The maximum absolute atomic E-state index is 11.8. The van der Waals surface area contributed by atoms with Gasteiger partial charge in [0, 0.05) is 25.4 Å². The molecule has 0 saturated heterocycles. The number of rotatable bonds is 7. The van der Waals surface area contributed by atoms with Gasteiger partial charge < -0.3 is 10.6 Å². The Hall–Kier alpha value is -1.75. The van der Waals surface area contributed by atoms with Gasteiger partial charge in [-0.25, -0.2) is 0 Å². The van der Waals surface area contributed by atoms with Crippen molar-refractivity contribution in [1.82, 2.24) is 15.6 Å². The fourth-order valence-electron chi connectivity index (χ4n) is 1.59. The first kappa shape index (κ1) is 17.2. The van der Waals surface area contributed by atoms with Crippen molar-refractivity contribution in [2.75, 3.05) is 13.1 Å². The second-order valence-electron chi connectivity index (χ2n) is 3.88. The number of carbonyl (C=O) groups is 2. The van der Waals surface area contributed by atoms with Crippen LogP contribution in [-0.4, -0.2) is 35.8 Å². The van der Waals surface area contributed by atoms with Crippen molar-refractivity contribution >= 4 is 11.7 Å². The molecule has 0 unspecified atom stereocenters. The lowest BCUT2D eigenvalue weighted by Crippen LogP contribution is -2.45. The average molecular weight is 265 g/mol. The molecule has 1 atom stereocenters. The SMILES string of the molecule is C.CCN[C@@H](CNC(=O)c1cccnc1)C(=O)CC. The van der Waals surface area contributed by atoms with Crippen LogP contribution >= 0.6 is 0 Å². The van der Waals surface area contributed by atoms with Gasteiger partial charge >= 0.3 is 0 Å². The molecule has 0 aliphatic heterocycles. The molecule has 0 aromatic carbocycles. The molecule has 0 radical (unpaired) electrons. The number of nitrogens with one attached hydrogen (secondary N) is 2. The molecule has 0 aliphatic rings. The topological polar surface area (TPSA) is 71.1 Å². The largest absolute Gasteiger partial charge is 0.350 e. The molecule has 0 fully saturated rings. The van der Waals surface area contributed by atoms with Gasteiger partial charge in [0.15, 0.2) is 5.78 Å². The Balaban J connectivity index is 0.00000324. The molecule has 1 aromatic heterocycles. The molecule has 2 N–H and O–H groups in total. The highest BCUT2D eigenvalue weighted by atomic mass is 16.2. The maximum atomic E-state index is 11.8. The van der Waals surface area contributed by atoms with Gasteiger partial charge in [0.25, 0.3) is 5.91 Å². The van der Waals surface area contributed by atoms with Crippen molar-refractivity contribution in [3.8, 4) is 0 Å². The minimum absolute atomic E-state index is 0. The van der Waals surface area contributed by atoms with E-state index in [9.17, 15) is 9.59 Å². The molecule has 19 heavy (non-hydrogen) atoms. The molecule has 5 nitrogen and oxygen atoms in total. The minimum atomic E-state index is -0.319. The number of Topliss-reactive ketones (excluding diaryl/α,β-unsaturated/α-hetero) is 1. The molecule has 0 bridgehead atoms. The van der Waals surface area contributed by atoms with Crippen LogP contribution in [0.3, 0.4) is 0 Å². The fraction of sp³-hybridized carbons (Fsp3) is 0.500. The van der Waals surface area contributed by atoms with Crippen LogP contribution < -0.4 is 10.6 Å². The van der Waals surface area contributed by atoms with Gasteiger partial charge in [0.1, 0.15) is 0 Å². The van der Waals surface area contributed by atoms with Crippen LogP contribution in [0, 0.1) is 0 Å². The molecular weight excluding hydrogens is 242 g/mol. The Morgan fingerprint density at radius 1 is 1.37 bits per heavy atom. The van der Waals surface area contributed by atoms with E-state index in [1.54, 1.807) is 18.3 Å². The van der Waals surface area contributed by atoms with Crippen LogP contribution in [0.15, 0.2) is 24.5 Å². The van der Waals surface area contributed by atoms with Crippen LogP contribution in [0.2, 0.25) is 0 Å². The summed E-state index contributed by atoms with van der Waals surface area (Å²) in [5.41, 5.74) is 0.497. The first-order chi connectivity index (χ1) is 8.69. The van der Waals surface area contributed by atoms with Gasteiger partial charge in [-0.2, -0.15) is 0 Å². The lowest BCUT2D eigenvalue weighted by Gasteiger charge is -2.16. The zero-order valence-electron chi connectivity index (χ0n) is 10.8. The quantitative estimate of drug-likeness (QED) is 0.782. The van der Waals surface area contributed by atoms with Crippen molar-refractivity contribution in [3.05, 3.63) is 30.1 Å². The third-order valence-corrected chi connectivity index (χ3v) is 2.58. The first-order valence-corrected chi connectivity index (χ1v) is 6.13. The predicted molar refractivity (Wildman–Crippen MR) is 76.1 cm³/mol. The Labute approximate surface area is 114 Å². The molecule has 1 heterocycles. The molecule has 106 valence electrons. The number of ketones is 1. The maximum Gasteiger partial charge on any atom is 0.252 e. The third-order valence-electron chi connectivity index (χ3n) is 2.58. The highest BCUT2D eigenvalue weighted by molar-refractivity contribution is 5.94. The van der Waals surface area contributed by atoms with Gasteiger partial charge in [0.2, 0.25) is 0 Å². The lowest BCUT2D eigenvalue weighted by molar-refractivity contribution is -0.120. The van der Waals surface area contributed by atoms with Crippen molar-refractivity contribution in [1.29, 1.82) is 0 Å². The summed E-state index contributed by atoms with van der Waals surface area (Å²) in [6.45, 7) is 4.74. The van der Waals surface area contributed by atoms with Crippen LogP contribution in [0.25, 0.3) is 0 Å². The number of nitrogens with zero attached hydrogens (tertiary/aromatic N) is 1. The number of carbonyl (C=O) groups excluding carboxylic acids is 2. The fourth-order valence-corrected chi connectivity index (χ4v) is 1.59. The molecule has 1 rings (SSSR count). The average Bonchev–Trinajstić information content (AvgIpc) is 2.43. The van der Waals surface area contributed by atoms with Gasteiger partial charge in [-0.3, -0.25) is 14.6 Å². The van der Waals surface area contributed by atoms with Crippen LogP contribution in [0.4, 0.5) is 0 Å². The van der Waals surface area contributed by atoms with E-state index in [0.717, 1.165) is 0 Å². The van der Waals surface area contributed by atoms with Crippen molar-refractivity contribution in [2.45, 2.75) is 33.7 Å². The van der Waals surface area contributed by atoms with E-state index in [1.807, 2.05) is 13.8 Å².